The van der Waals surface area contributed by atoms with Gasteiger partial charge in [0.05, 0.1) is 30.2 Å². The van der Waals surface area contributed by atoms with Crippen molar-refractivity contribution < 1.29 is 18.4 Å². The summed E-state index contributed by atoms with van der Waals surface area (Å²) in [6.45, 7) is -0.529. The predicted molar refractivity (Wildman–Crippen MR) is 84.7 cm³/mol. The van der Waals surface area contributed by atoms with Crippen LogP contribution in [0.4, 0.5) is 8.78 Å². The zero-order valence-electron chi connectivity index (χ0n) is 13.1. The van der Waals surface area contributed by atoms with E-state index < -0.39 is 29.8 Å². The smallest absolute Gasteiger partial charge is 0.252 e. The van der Waals surface area contributed by atoms with Crippen LogP contribution < -0.4 is 5.32 Å². The lowest BCUT2D eigenvalue weighted by atomic mass is 10.1. The van der Waals surface area contributed by atoms with Gasteiger partial charge in [-0.3, -0.25) is 14.6 Å². The molecule has 1 aliphatic heterocycles. The van der Waals surface area contributed by atoms with E-state index in [9.17, 15) is 18.4 Å². The van der Waals surface area contributed by atoms with Crippen molar-refractivity contribution in [2.45, 2.75) is 18.6 Å². The van der Waals surface area contributed by atoms with Gasteiger partial charge in [-0.1, -0.05) is 0 Å². The first-order chi connectivity index (χ1) is 12.0. The summed E-state index contributed by atoms with van der Waals surface area (Å²) in [6, 6.07) is 6.36. The monoisotopic (exact) mass is 344 g/mol. The van der Waals surface area contributed by atoms with E-state index >= 15 is 0 Å². The number of alkyl halides is 1. The number of hydrogen-bond acceptors (Lipinski definition) is 4. The van der Waals surface area contributed by atoms with Gasteiger partial charge in [-0.25, -0.2) is 8.78 Å². The zero-order valence-corrected chi connectivity index (χ0v) is 13.1. The number of nitrogens with zero attached hydrogens (tertiary/aromatic N) is 3. The van der Waals surface area contributed by atoms with Gasteiger partial charge < -0.3 is 10.2 Å². The highest BCUT2D eigenvalue weighted by Crippen LogP contribution is 2.20. The number of fused-ring (bicyclic) bond motifs is 1. The quantitative estimate of drug-likeness (QED) is 0.916. The average Bonchev–Trinajstić information content (AvgIpc) is 2.99. The molecular formula is C17H14F2N4O2. The van der Waals surface area contributed by atoms with E-state index in [4.69, 9.17) is 5.26 Å². The third-order valence-corrected chi connectivity index (χ3v) is 4.07. The van der Waals surface area contributed by atoms with Gasteiger partial charge >= 0.3 is 0 Å². The van der Waals surface area contributed by atoms with Crippen LogP contribution in [0.2, 0.25) is 0 Å². The van der Waals surface area contributed by atoms with Crippen LogP contribution in [0.5, 0.6) is 0 Å². The molecule has 1 aromatic carbocycles. The second-order valence-corrected chi connectivity index (χ2v) is 5.73. The number of carbonyl (C=O) groups is 2. The van der Waals surface area contributed by atoms with Crippen molar-refractivity contribution in [3.8, 4) is 6.07 Å². The van der Waals surface area contributed by atoms with Crippen LogP contribution in [0.25, 0.3) is 10.9 Å². The highest BCUT2D eigenvalue weighted by molar-refractivity contribution is 6.06. The molecule has 0 aliphatic carbocycles. The van der Waals surface area contributed by atoms with Crippen molar-refractivity contribution in [3.63, 3.8) is 0 Å². The van der Waals surface area contributed by atoms with Gasteiger partial charge in [-0.15, -0.1) is 0 Å². The molecule has 25 heavy (non-hydrogen) atoms. The van der Waals surface area contributed by atoms with E-state index in [1.165, 1.54) is 30.5 Å². The molecule has 0 bridgehead atoms. The van der Waals surface area contributed by atoms with Crippen molar-refractivity contribution in [1.29, 1.82) is 5.26 Å². The van der Waals surface area contributed by atoms with Gasteiger partial charge in [0.2, 0.25) is 5.91 Å². The Morgan fingerprint density at radius 2 is 2.20 bits per heavy atom. The maximum absolute atomic E-state index is 13.4. The highest BCUT2D eigenvalue weighted by Gasteiger charge is 2.35. The first-order valence-electron chi connectivity index (χ1n) is 7.65. The number of nitrogens with one attached hydrogen (secondary N) is 1. The summed E-state index contributed by atoms with van der Waals surface area (Å²) in [5.74, 6) is -1.62. The maximum atomic E-state index is 13.4. The fraction of sp³-hybridized carbons (Fsp3) is 0.294. The summed E-state index contributed by atoms with van der Waals surface area (Å²) in [5, 5.41) is 11.7. The molecule has 1 N–H and O–H groups in total. The molecule has 2 heterocycles. The first-order valence-corrected chi connectivity index (χ1v) is 7.65. The number of rotatable bonds is 3. The van der Waals surface area contributed by atoms with Crippen molar-refractivity contribution in [3.05, 3.63) is 41.8 Å². The standard InChI is InChI=1S/C17H14F2N4O2/c18-10-1-2-15-14(6-10)13(3-4-21-15)17(25)22-8-16(24)23-9-11(19)5-12(23)7-20/h1-4,6,11-12H,5,8-9H2,(H,22,25)/t11-,12-/m0/s1. The second kappa shape index (κ2) is 6.81. The Labute approximate surface area is 142 Å². The lowest BCUT2D eigenvalue weighted by Gasteiger charge is -2.19. The number of amides is 2. The molecule has 2 aromatic rings. The number of halogens is 2. The Balaban J connectivity index is 1.72. The largest absolute Gasteiger partial charge is 0.343 e. The number of pyridine rings is 1. The van der Waals surface area contributed by atoms with Crippen LogP contribution >= 0.6 is 0 Å². The minimum Gasteiger partial charge on any atom is -0.343 e. The molecule has 1 saturated heterocycles. The molecule has 8 heteroatoms. The Morgan fingerprint density at radius 1 is 1.40 bits per heavy atom. The Kier molecular flexibility index (Phi) is 4.57. The lowest BCUT2D eigenvalue weighted by molar-refractivity contribution is -0.130. The molecule has 0 radical (unpaired) electrons. The molecule has 1 fully saturated rings. The SMILES string of the molecule is N#C[C@@H]1C[C@H](F)CN1C(=O)CNC(=O)c1ccnc2ccc(F)cc12. The van der Waals surface area contributed by atoms with Gasteiger partial charge in [0, 0.05) is 18.0 Å². The van der Waals surface area contributed by atoms with Crippen LogP contribution in [-0.4, -0.2) is 47.0 Å². The number of aromatic nitrogens is 1. The normalized spacial score (nSPS) is 19.6. The molecule has 2 atom stereocenters. The molecule has 0 spiro atoms. The minimum atomic E-state index is -1.24. The average molecular weight is 344 g/mol. The van der Waals surface area contributed by atoms with Crippen LogP contribution in [0.3, 0.4) is 0 Å². The Bertz CT molecular complexity index is 881. The molecule has 6 nitrogen and oxygen atoms in total. The van der Waals surface area contributed by atoms with Gasteiger partial charge in [0.1, 0.15) is 18.0 Å². The van der Waals surface area contributed by atoms with E-state index in [1.807, 2.05) is 6.07 Å². The fourth-order valence-corrected chi connectivity index (χ4v) is 2.85. The topological polar surface area (TPSA) is 86.1 Å². The van der Waals surface area contributed by atoms with Gasteiger partial charge in [0.25, 0.3) is 5.91 Å². The molecule has 128 valence electrons. The number of hydrogen-bond donors (Lipinski definition) is 1. The molecule has 1 aromatic heterocycles. The summed E-state index contributed by atoms with van der Waals surface area (Å²) in [7, 11) is 0. The van der Waals surface area contributed by atoms with Crippen LogP contribution in [0, 0.1) is 17.1 Å². The number of nitriles is 1. The maximum Gasteiger partial charge on any atom is 0.252 e. The molecule has 1 aliphatic rings. The third kappa shape index (κ3) is 3.40. The molecule has 0 saturated carbocycles. The van der Waals surface area contributed by atoms with Crippen molar-refractivity contribution >= 4 is 22.7 Å². The van der Waals surface area contributed by atoms with Crippen molar-refractivity contribution in [2.24, 2.45) is 0 Å². The predicted octanol–water partition coefficient (Wildman–Crippen LogP) is 1.57. The van der Waals surface area contributed by atoms with Gasteiger partial charge in [-0.2, -0.15) is 5.26 Å². The van der Waals surface area contributed by atoms with E-state index in [2.05, 4.69) is 10.3 Å². The summed E-state index contributed by atoms with van der Waals surface area (Å²) < 4.78 is 26.8. The van der Waals surface area contributed by atoms with E-state index in [0.717, 1.165) is 4.90 Å². The number of carbonyl (C=O) groups excluding carboxylic acids is 2. The van der Waals surface area contributed by atoms with E-state index in [-0.39, 0.29) is 25.1 Å². The molecular weight excluding hydrogens is 330 g/mol. The number of likely N-dealkylation sites (tertiary alicyclic amines) is 1. The van der Waals surface area contributed by atoms with E-state index in [0.29, 0.717) is 10.9 Å². The second-order valence-electron chi connectivity index (χ2n) is 5.73. The van der Waals surface area contributed by atoms with Crippen molar-refractivity contribution in [2.75, 3.05) is 13.1 Å². The van der Waals surface area contributed by atoms with E-state index in [1.54, 1.807) is 0 Å². The molecule has 0 unspecified atom stereocenters. The molecule has 3 rings (SSSR count). The third-order valence-electron chi connectivity index (χ3n) is 4.07. The number of benzene rings is 1. The van der Waals surface area contributed by atoms with Crippen LogP contribution in [0.1, 0.15) is 16.8 Å². The van der Waals surface area contributed by atoms with Crippen LogP contribution in [-0.2, 0) is 4.79 Å². The summed E-state index contributed by atoms with van der Waals surface area (Å²) in [5.41, 5.74) is 0.628. The minimum absolute atomic E-state index is 0.0234. The summed E-state index contributed by atoms with van der Waals surface area (Å²) in [6.07, 6.45) is 0.151. The Morgan fingerprint density at radius 3 is 2.96 bits per heavy atom. The summed E-state index contributed by atoms with van der Waals surface area (Å²) >= 11 is 0. The van der Waals surface area contributed by atoms with Crippen molar-refractivity contribution in [1.82, 2.24) is 15.2 Å². The fourth-order valence-electron chi connectivity index (χ4n) is 2.85. The van der Waals surface area contributed by atoms with Crippen LogP contribution in [0.15, 0.2) is 30.5 Å². The van der Waals surface area contributed by atoms with Gasteiger partial charge in [-0.05, 0) is 24.3 Å². The van der Waals surface area contributed by atoms with Gasteiger partial charge in [0.15, 0.2) is 0 Å². The first kappa shape index (κ1) is 16.8. The lowest BCUT2D eigenvalue weighted by Crippen LogP contribution is -2.42. The highest BCUT2D eigenvalue weighted by atomic mass is 19.1. The Hall–Kier alpha value is -3.08. The zero-order chi connectivity index (χ0) is 18.0. The molecule has 2 amide bonds. The summed E-state index contributed by atoms with van der Waals surface area (Å²) in [4.78, 5) is 29.6.